The molecule has 0 spiro atoms. The fourth-order valence-electron chi connectivity index (χ4n) is 2.93. The largest absolute Gasteiger partial charge is 0.490 e. The van der Waals surface area contributed by atoms with E-state index in [1.165, 1.54) is 31.2 Å². The second-order valence-electron chi connectivity index (χ2n) is 6.02. The van der Waals surface area contributed by atoms with Crippen LogP contribution in [0.2, 0.25) is 0 Å². The summed E-state index contributed by atoms with van der Waals surface area (Å²) < 4.78 is 11.3. The second-order valence-corrected chi connectivity index (χ2v) is 6.02. The van der Waals surface area contributed by atoms with Crippen molar-refractivity contribution in [2.75, 3.05) is 13.2 Å². The van der Waals surface area contributed by atoms with Crippen LogP contribution in [0, 0.1) is 0 Å². The minimum absolute atomic E-state index is 0.550. The molecule has 0 amide bonds. The van der Waals surface area contributed by atoms with Gasteiger partial charge in [-0.25, -0.2) is 0 Å². The van der Waals surface area contributed by atoms with Crippen LogP contribution in [-0.2, 0) is 6.54 Å². The van der Waals surface area contributed by atoms with Gasteiger partial charge in [0.15, 0.2) is 0 Å². The molecule has 1 fully saturated rings. The highest BCUT2D eigenvalue weighted by Gasteiger charge is 2.13. The van der Waals surface area contributed by atoms with Gasteiger partial charge < -0.3 is 14.8 Å². The van der Waals surface area contributed by atoms with E-state index in [9.17, 15) is 0 Å². The molecule has 1 N–H and O–H groups in total. The first kappa shape index (κ1) is 15.9. The Bertz CT molecular complexity index is 562. The van der Waals surface area contributed by atoms with Crippen LogP contribution >= 0.6 is 0 Å². The molecule has 0 heterocycles. The van der Waals surface area contributed by atoms with Gasteiger partial charge in [-0.3, -0.25) is 0 Å². The van der Waals surface area contributed by atoms with Crippen molar-refractivity contribution in [1.29, 1.82) is 0 Å². The maximum Gasteiger partial charge on any atom is 0.122 e. The van der Waals surface area contributed by atoms with Gasteiger partial charge in [0.2, 0.25) is 0 Å². The summed E-state index contributed by atoms with van der Waals surface area (Å²) in [7, 11) is 0. The third kappa shape index (κ3) is 5.29. The van der Waals surface area contributed by atoms with Gasteiger partial charge in [-0.05, 0) is 42.7 Å². The zero-order valence-electron chi connectivity index (χ0n) is 13.5. The predicted molar refractivity (Wildman–Crippen MR) is 93.0 cm³/mol. The van der Waals surface area contributed by atoms with Gasteiger partial charge in [0.05, 0.1) is 0 Å². The van der Waals surface area contributed by atoms with Crippen LogP contribution in [0.1, 0.15) is 31.2 Å². The zero-order chi connectivity index (χ0) is 15.7. The van der Waals surface area contributed by atoms with E-state index in [0.29, 0.717) is 19.3 Å². The van der Waals surface area contributed by atoms with Crippen LogP contribution in [0.15, 0.2) is 54.6 Å². The lowest BCUT2D eigenvalue weighted by molar-refractivity contribution is 0.217. The number of benzene rings is 2. The first-order valence-electron chi connectivity index (χ1n) is 8.53. The van der Waals surface area contributed by atoms with Crippen molar-refractivity contribution in [2.45, 2.75) is 38.3 Å². The van der Waals surface area contributed by atoms with Crippen LogP contribution in [0.5, 0.6) is 11.5 Å². The number of para-hydroxylation sites is 1. The highest BCUT2D eigenvalue weighted by Crippen LogP contribution is 2.18. The van der Waals surface area contributed by atoms with Crippen molar-refractivity contribution in [2.24, 2.45) is 0 Å². The number of ether oxygens (including phenoxy) is 2. The highest BCUT2D eigenvalue weighted by molar-refractivity contribution is 5.27. The van der Waals surface area contributed by atoms with Crippen LogP contribution in [0.25, 0.3) is 0 Å². The van der Waals surface area contributed by atoms with Gasteiger partial charge in [0.1, 0.15) is 24.7 Å². The van der Waals surface area contributed by atoms with E-state index in [0.717, 1.165) is 18.0 Å². The Kier molecular flexibility index (Phi) is 5.93. The Morgan fingerprint density at radius 2 is 1.39 bits per heavy atom. The lowest BCUT2D eigenvalue weighted by Gasteiger charge is -2.12. The van der Waals surface area contributed by atoms with E-state index in [-0.39, 0.29) is 0 Å². The predicted octanol–water partition coefficient (Wildman–Crippen LogP) is 4.18. The van der Waals surface area contributed by atoms with E-state index in [1.54, 1.807) is 0 Å². The molecule has 3 rings (SSSR count). The molecule has 0 saturated heterocycles. The lowest BCUT2D eigenvalue weighted by Crippen LogP contribution is -2.25. The molecule has 0 unspecified atom stereocenters. The van der Waals surface area contributed by atoms with E-state index in [4.69, 9.17) is 9.47 Å². The smallest absolute Gasteiger partial charge is 0.122 e. The second kappa shape index (κ2) is 8.59. The Morgan fingerprint density at radius 1 is 0.783 bits per heavy atom. The third-order valence-electron chi connectivity index (χ3n) is 4.24. The summed E-state index contributed by atoms with van der Waals surface area (Å²) in [6.45, 7) is 2.05. The molecule has 23 heavy (non-hydrogen) atoms. The summed E-state index contributed by atoms with van der Waals surface area (Å²) in [5, 5.41) is 3.63. The summed E-state index contributed by atoms with van der Waals surface area (Å²) in [6.07, 6.45) is 5.39. The zero-order valence-corrected chi connectivity index (χ0v) is 13.5. The lowest BCUT2D eigenvalue weighted by atomic mass is 10.2. The fourth-order valence-corrected chi connectivity index (χ4v) is 2.93. The Morgan fingerprint density at radius 3 is 2.04 bits per heavy atom. The van der Waals surface area contributed by atoms with Gasteiger partial charge in [-0.15, -0.1) is 0 Å². The summed E-state index contributed by atoms with van der Waals surface area (Å²) >= 11 is 0. The van der Waals surface area contributed by atoms with Gasteiger partial charge in [0.25, 0.3) is 0 Å². The Balaban J connectivity index is 1.35. The summed E-state index contributed by atoms with van der Waals surface area (Å²) in [4.78, 5) is 0. The topological polar surface area (TPSA) is 30.5 Å². The molecular weight excluding hydrogens is 286 g/mol. The van der Waals surface area contributed by atoms with E-state index >= 15 is 0 Å². The van der Waals surface area contributed by atoms with Crippen LogP contribution in [0.3, 0.4) is 0 Å². The molecule has 1 saturated carbocycles. The highest BCUT2D eigenvalue weighted by atomic mass is 16.5. The van der Waals surface area contributed by atoms with Gasteiger partial charge >= 0.3 is 0 Å². The SMILES string of the molecule is c1ccc(OCCOc2ccc(CNC3CCCC3)cc2)cc1. The maximum absolute atomic E-state index is 5.72. The molecule has 2 aromatic carbocycles. The number of hydrogen-bond donors (Lipinski definition) is 1. The van der Waals surface area contributed by atoms with Gasteiger partial charge in [-0.2, -0.15) is 0 Å². The van der Waals surface area contributed by atoms with Gasteiger partial charge in [0, 0.05) is 12.6 Å². The van der Waals surface area contributed by atoms with Crippen molar-refractivity contribution >= 4 is 0 Å². The van der Waals surface area contributed by atoms with Gasteiger partial charge in [-0.1, -0.05) is 43.2 Å². The minimum Gasteiger partial charge on any atom is -0.490 e. The molecule has 1 aliphatic carbocycles. The first-order valence-corrected chi connectivity index (χ1v) is 8.53. The minimum atomic E-state index is 0.550. The maximum atomic E-state index is 5.72. The van der Waals surface area contributed by atoms with Crippen molar-refractivity contribution in [3.8, 4) is 11.5 Å². The van der Waals surface area contributed by atoms with Crippen molar-refractivity contribution in [1.82, 2.24) is 5.32 Å². The fraction of sp³-hybridized carbons (Fsp3) is 0.400. The summed E-state index contributed by atoms with van der Waals surface area (Å²) in [5.74, 6) is 1.77. The van der Waals surface area contributed by atoms with E-state index in [1.807, 2.05) is 42.5 Å². The quantitative estimate of drug-likeness (QED) is 0.742. The van der Waals surface area contributed by atoms with Crippen molar-refractivity contribution in [3.05, 3.63) is 60.2 Å². The van der Waals surface area contributed by atoms with E-state index < -0.39 is 0 Å². The average Bonchev–Trinajstić information content (AvgIpc) is 3.12. The van der Waals surface area contributed by atoms with Crippen molar-refractivity contribution in [3.63, 3.8) is 0 Å². The molecule has 122 valence electrons. The summed E-state index contributed by atoms with van der Waals surface area (Å²) in [5.41, 5.74) is 1.31. The normalized spacial score (nSPS) is 14.8. The Hall–Kier alpha value is -2.00. The number of rotatable bonds is 8. The number of nitrogens with one attached hydrogen (secondary N) is 1. The standard InChI is InChI=1S/C20H25NO2/c1-2-8-19(9-3-1)22-14-15-23-20-12-10-17(11-13-20)16-21-18-6-4-5-7-18/h1-3,8-13,18,21H,4-7,14-16H2. The molecule has 0 atom stereocenters. The molecular formula is C20H25NO2. The molecule has 3 heteroatoms. The van der Waals surface area contributed by atoms with Crippen molar-refractivity contribution < 1.29 is 9.47 Å². The molecule has 1 aliphatic rings. The third-order valence-corrected chi connectivity index (χ3v) is 4.24. The van der Waals surface area contributed by atoms with E-state index in [2.05, 4.69) is 17.4 Å². The van der Waals surface area contributed by atoms with Crippen LogP contribution in [-0.4, -0.2) is 19.3 Å². The average molecular weight is 311 g/mol. The first-order chi connectivity index (χ1) is 11.4. The molecule has 3 nitrogen and oxygen atoms in total. The number of hydrogen-bond acceptors (Lipinski definition) is 3. The molecule has 0 radical (unpaired) electrons. The molecule has 0 bridgehead atoms. The summed E-state index contributed by atoms with van der Waals surface area (Å²) in [6, 6.07) is 18.9. The van der Waals surface area contributed by atoms with Crippen LogP contribution < -0.4 is 14.8 Å². The molecule has 0 aliphatic heterocycles. The molecule has 0 aromatic heterocycles. The monoisotopic (exact) mass is 311 g/mol. The Labute approximate surface area is 138 Å². The van der Waals surface area contributed by atoms with Crippen LogP contribution in [0.4, 0.5) is 0 Å². The molecule has 2 aromatic rings.